The van der Waals surface area contributed by atoms with Crippen LogP contribution in [0.2, 0.25) is 0 Å². The Balaban J connectivity index is 2.27. The van der Waals surface area contributed by atoms with Crippen LogP contribution in [0.15, 0.2) is 6.07 Å². The van der Waals surface area contributed by atoms with Gasteiger partial charge in [0.05, 0.1) is 5.56 Å². The lowest BCUT2D eigenvalue weighted by molar-refractivity contribution is 0.0943. The number of rotatable bonds is 6. The first-order chi connectivity index (χ1) is 13.2. The fourth-order valence-corrected chi connectivity index (χ4v) is 3.12. The predicted octanol–water partition coefficient (Wildman–Crippen LogP) is 2.81. The summed E-state index contributed by atoms with van der Waals surface area (Å²) < 4.78 is 0. The number of nitrogens with one attached hydrogen (secondary N) is 3. The van der Waals surface area contributed by atoms with Gasteiger partial charge in [-0.25, -0.2) is 9.78 Å². The molecule has 1 aromatic rings. The molecule has 0 unspecified atom stereocenters. The van der Waals surface area contributed by atoms with E-state index in [1.165, 1.54) is 0 Å². The lowest BCUT2D eigenvalue weighted by atomic mass is 10.0. The molecule has 0 bridgehead atoms. The number of urea groups is 1. The van der Waals surface area contributed by atoms with Crippen molar-refractivity contribution in [2.45, 2.75) is 66.5 Å². The molecular weight excluding hydrogens is 354 g/mol. The first-order valence-electron chi connectivity index (χ1n) is 10.3. The maximum atomic E-state index is 12.7. The van der Waals surface area contributed by atoms with Crippen molar-refractivity contribution in [2.24, 2.45) is 5.92 Å². The number of anilines is 1. The maximum Gasteiger partial charge on any atom is 0.317 e. The van der Waals surface area contributed by atoms with E-state index in [1.807, 2.05) is 38.7 Å². The van der Waals surface area contributed by atoms with Crippen LogP contribution in [0.25, 0.3) is 0 Å². The van der Waals surface area contributed by atoms with Crippen LogP contribution in [0.5, 0.6) is 0 Å². The molecule has 28 heavy (non-hydrogen) atoms. The molecule has 0 saturated heterocycles. The van der Waals surface area contributed by atoms with Crippen molar-refractivity contribution in [3.8, 4) is 0 Å². The molecule has 0 fully saturated rings. The van der Waals surface area contributed by atoms with Crippen LogP contribution in [-0.4, -0.2) is 53.5 Å². The number of hydrogen-bond donors (Lipinski definition) is 3. The van der Waals surface area contributed by atoms with E-state index in [0.717, 1.165) is 17.8 Å². The molecule has 0 atom stereocenters. The van der Waals surface area contributed by atoms with Gasteiger partial charge in [0.2, 0.25) is 0 Å². The SMILES string of the molecule is CC(C)CNc1nc2c(cc1C(=O)NC(C)C)CCN(C(=O)NC(C)C)CC2. The molecule has 1 aliphatic rings. The summed E-state index contributed by atoms with van der Waals surface area (Å²) >= 11 is 0. The van der Waals surface area contributed by atoms with Crippen LogP contribution in [0.3, 0.4) is 0 Å². The zero-order valence-corrected chi connectivity index (χ0v) is 18.1. The Bertz CT molecular complexity index is 700. The standard InChI is InChI=1S/C21H35N5O2/c1-13(2)12-22-19-17(20(27)23-14(3)4)11-16-7-9-26(10-8-18(16)25-19)21(28)24-15(5)6/h11,13-15H,7-10,12H2,1-6H3,(H,22,25)(H,23,27)(H,24,28). The van der Waals surface area contributed by atoms with E-state index in [0.29, 0.717) is 43.2 Å². The minimum atomic E-state index is -0.116. The monoisotopic (exact) mass is 389 g/mol. The minimum absolute atomic E-state index is 0.0428. The molecule has 1 aliphatic heterocycles. The van der Waals surface area contributed by atoms with E-state index < -0.39 is 0 Å². The topological polar surface area (TPSA) is 86.4 Å². The molecule has 156 valence electrons. The summed E-state index contributed by atoms with van der Waals surface area (Å²) in [5.41, 5.74) is 2.59. The third kappa shape index (κ3) is 6.11. The second kappa shape index (κ2) is 9.75. The van der Waals surface area contributed by atoms with Gasteiger partial charge < -0.3 is 20.9 Å². The molecule has 0 spiro atoms. The Hall–Kier alpha value is -2.31. The molecular formula is C21H35N5O2. The molecule has 3 N–H and O–H groups in total. The molecule has 0 saturated carbocycles. The summed E-state index contributed by atoms with van der Waals surface area (Å²) in [6.07, 6.45) is 1.38. The van der Waals surface area contributed by atoms with Crippen molar-refractivity contribution in [1.29, 1.82) is 0 Å². The van der Waals surface area contributed by atoms with E-state index in [9.17, 15) is 9.59 Å². The Morgan fingerprint density at radius 1 is 1.04 bits per heavy atom. The molecule has 0 aliphatic carbocycles. The van der Waals surface area contributed by atoms with Gasteiger partial charge in [-0.3, -0.25) is 4.79 Å². The third-order valence-corrected chi connectivity index (χ3v) is 4.50. The van der Waals surface area contributed by atoms with Crippen molar-refractivity contribution < 1.29 is 9.59 Å². The zero-order chi connectivity index (χ0) is 20.8. The van der Waals surface area contributed by atoms with Crippen LogP contribution in [0.1, 0.15) is 63.2 Å². The average Bonchev–Trinajstić information content (AvgIpc) is 2.79. The number of pyridine rings is 1. The zero-order valence-electron chi connectivity index (χ0n) is 18.1. The van der Waals surface area contributed by atoms with Crippen LogP contribution < -0.4 is 16.0 Å². The van der Waals surface area contributed by atoms with Crippen LogP contribution in [-0.2, 0) is 12.8 Å². The Morgan fingerprint density at radius 2 is 1.68 bits per heavy atom. The molecule has 1 aromatic heterocycles. The predicted molar refractivity (Wildman–Crippen MR) is 113 cm³/mol. The number of carbonyl (C=O) groups excluding carboxylic acids is 2. The van der Waals surface area contributed by atoms with Crippen LogP contribution in [0.4, 0.5) is 10.6 Å². The molecule has 3 amide bonds. The highest BCUT2D eigenvalue weighted by atomic mass is 16.2. The highest BCUT2D eigenvalue weighted by Gasteiger charge is 2.23. The first-order valence-corrected chi connectivity index (χ1v) is 10.3. The lowest BCUT2D eigenvalue weighted by Crippen LogP contribution is -2.44. The van der Waals surface area contributed by atoms with Crippen LogP contribution >= 0.6 is 0 Å². The highest BCUT2D eigenvalue weighted by molar-refractivity contribution is 5.99. The number of amides is 3. The summed E-state index contributed by atoms with van der Waals surface area (Å²) in [6.45, 7) is 14.0. The summed E-state index contributed by atoms with van der Waals surface area (Å²) in [7, 11) is 0. The van der Waals surface area contributed by atoms with Gasteiger partial charge in [0.25, 0.3) is 5.91 Å². The second-order valence-corrected chi connectivity index (χ2v) is 8.48. The average molecular weight is 390 g/mol. The van der Waals surface area contributed by atoms with Crippen molar-refractivity contribution in [1.82, 2.24) is 20.5 Å². The first kappa shape index (κ1) is 22.0. The van der Waals surface area contributed by atoms with Gasteiger partial charge in [0.15, 0.2) is 0 Å². The molecule has 2 rings (SSSR count). The largest absolute Gasteiger partial charge is 0.369 e. The number of carbonyl (C=O) groups is 2. The summed E-state index contributed by atoms with van der Waals surface area (Å²) in [5.74, 6) is 0.956. The summed E-state index contributed by atoms with van der Waals surface area (Å²) in [5, 5.41) is 9.25. The van der Waals surface area contributed by atoms with Gasteiger partial charge in [0, 0.05) is 43.8 Å². The Kier molecular flexibility index (Phi) is 7.66. The smallest absolute Gasteiger partial charge is 0.317 e. The molecule has 7 nitrogen and oxygen atoms in total. The fourth-order valence-electron chi connectivity index (χ4n) is 3.12. The number of hydrogen-bond acceptors (Lipinski definition) is 4. The maximum absolute atomic E-state index is 12.7. The van der Waals surface area contributed by atoms with Crippen LogP contribution in [0, 0.1) is 5.92 Å². The lowest BCUT2D eigenvalue weighted by Gasteiger charge is -2.22. The van der Waals surface area contributed by atoms with Gasteiger partial charge >= 0.3 is 6.03 Å². The number of aromatic nitrogens is 1. The Morgan fingerprint density at radius 3 is 2.29 bits per heavy atom. The van der Waals surface area contributed by atoms with Crippen molar-refractivity contribution in [3.05, 3.63) is 22.9 Å². The van der Waals surface area contributed by atoms with Gasteiger partial charge in [-0.05, 0) is 51.7 Å². The summed E-state index contributed by atoms with van der Waals surface area (Å²) in [6, 6.07) is 2.07. The number of fused-ring (bicyclic) bond motifs is 1. The van der Waals surface area contributed by atoms with Crippen molar-refractivity contribution >= 4 is 17.8 Å². The van der Waals surface area contributed by atoms with Gasteiger partial charge in [0.1, 0.15) is 5.82 Å². The van der Waals surface area contributed by atoms with E-state index in [4.69, 9.17) is 4.98 Å². The molecule has 0 radical (unpaired) electrons. The van der Waals surface area contributed by atoms with Crippen molar-refractivity contribution in [3.63, 3.8) is 0 Å². The van der Waals surface area contributed by atoms with Crippen molar-refractivity contribution in [2.75, 3.05) is 25.0 Å². The minimum Gasteiger partial charge on any atom is -0.369 e. The third-order valence-electron chi connectivity index (χ3n) is 4.50. The van der Waals surface area contributed by atoms with E-state index >= 15 is 0 Å². The summed E-state index contributed by atoms with van der Waals surface area (Å²) in [4.78, 5) is 31.7. The Labute approximate surface area is 168 Å². The van der Waals surface area contributed by atoms with E-state index in [2.05, 4.69) is 29.8 Å². The van der Waals surface area contributed by atoms with E-state index in [1.54, 1.807) is 0 Å². The molecule has 0 aromatic carbocycles. The normalized spacial score (nSPS) is 14.1. The van der Waals surface area contributed by atoms with Gasteiger partial charge in [-0.2, -0.15) is 0 Å². The fraction of sp³-hybridized carbons (Fsp3) is 0.667. The second-order valence-electron chi connectivity index (χ2n) is 8.48. The highest BCUT2D eigenvalue weighted by Crippen LogP contribution is 2.22. The molecule has 2 heterocycles. The quantitative estimate of drug-likeness (QED) is 0.698. The van der Waals surface area contributed by atoms with Gasteiger partial charge in [-0.15, -0.1) is 0 Å². The van der Waals surface area contributed by atoms with E-state index in [-0.39, 0.29) is 24.0 Å². The molecule has 7 heteroatoms. The number of nitrogens with zero attached hydrogens (tertiary/aromatic N) is 2. The van der Waals surface area contributed by atoms with Gasteiger partial charge in [-0.1, -0.05) is 13.8 Å².